The smallest absolute Gasteiger partial charge is 0.307 e. The molecular weight excluding hydrogens is 254 g/mol. The number of rotatable bonds is 5. The zero-order chi connectivity index (χ0) is 15.2. The van der Waals surface area contributed by atoms with Crippen LogP contribution < -0.4 is 5.32 Å². The number of hydrogen-bond acceptors (Lipinski definition) is 3. The van der Waals surface area contributed by atoms with Crippen LogP contribution in [0.3, 0.4) is 0 Å². The second kappa shape index (κ2) is 7.65. The number of carbonyl (C=O) groups excluding carboxylic acids is 2. The zero-order valence-electron chi connectivity index (χ0n) is 13.3. The summed E-state index contributed by atoms with van der Waals surface area (Å²) < 4.78 is 4.83. The van der Waals surface area contributed by atoms with Crippen LogP contribution >= 0.6 is 0 Å². The lowest BCUT2D eigenvalue weighted by atomic mass is 9.69. The first-order chi connectivity index (χ1) is 9.34. The molecule has 0 radical (unpaired) electrons. The van der Waals surface area contributed by atoms with E-state index in [2.05, 4.69) is 26.1 Å². The molecule has 1 saturated carbocycles. The van der Waals surface area contributed by atoms with Gasteiger partial charge in [-0.2, -0.15) is 0 Å². The van der Waals surface area contributed by atoms with Crippen LogP contribution in [0.15, 0.2) is 0 Å². The summed E-state index contributed by atoms with van der Waals surface area (Å²) in [6.07, 6.45) is 4.44. The second-order valence-corrected chi connectivity index (χ2v) is 6.76. The lowest BCUT2D eigenvalue weighted by Crippen LogP contribution is -2.36. The molecular formula is C16H29NO3. The summed E-state index contributed by atoms with van der Waals surface area (Å²) in [7, 11) is 0. The highest BCUT2D eigenvalue weighted by Gasteiger charge is 2.32. The molecule has 0 aliphatic heterocycles. The number of carbonyl (C=O) groups is 2. The van der Waals surface area contributed by atoms with Gasteiger partial charge in [0.25, 0.3) is 0 Å². The molecule has 1 rings (SSSR count). The van der Waals surface area contributed by atoms with E-state index in [0.717, 1.165) is 25.7 Å². The van der Waals surface area contributed by atoms with E-state index >= 15 is 0 Å². The molecule has 0 aromatic rings. The van der Waals surface area contributed by atoms with E-state index in [1.54, 1.807) is 6.92 Å². The predicted molar refractivity (Wildman–Crippen MR) is 79.2 cm³/mol. The van der Waals surface area contributed by atoms with Gasteiger partial charge in [-0.25, -0.2) is 0 Å². The van der Waals surface area contributed by atoms with E-state index in [9.17, 15) is 9.59 Å². The van der Waals surface area contributed by atoms with Crippen LogP contribution in [0.2, 0.25) is 0 Å². The fourth-order valence-electron chi connectivity index (χ4n) is 2.89. The van der Waals surface area contributed by atoms with Crippen molar-refractivity contribution in [1.82, 2.24) is 5.32 Å². The molecule has 116 valence electrons. The van der Waals surface area contributed by atoms with Crippen LogP contribution in [-0.2, 0) is 14.3 Å². The quantitative estimate of drug-likeness (QED) is 0.789. The molecule has 1 aliphatic carbocycles. The van der Waals surface area contributed by atoms with Crippen LogP contribution in [0.25, 0.3) is 0 Å². The minimum absolute atomic E-state index is 0.0988. The maximum Gasteiger partial charge on any atom is 0.307 e. The Morgan fingerprint density at radius 2 is 1.75 bits per heavy atom. The highest BCUT2D eigenvalue weighted by molar-refractivity contribution is 5.79. The average Bonchev–Trinajstić information content (AvgIpc) is 2.38. The van der Waals surface area contributed by atoms with E-state index in [-0.39, 0.29) is 24.2 Å². The van der Waals surface area contributed by atoms with E-state index in [4.69, 9.17) is 4.74 Å². The second-order valence-electron chi connectivity index (χ2n) is 6.76. The molecule has 0 aromatic heterocycles. The van der Waals surface area contributed by atoms with Crippen LogP contribution in [0.4, 0.5) is 0 Å². The SMILES string of the molecule is CCOC(=O)CCNC(=O)C1CCC(C(C)(C)C)CC1. The van der Waals surface area contributed by atoms with Gasteiger partial charge in [-0.1, -0.05) is 20.8 Å². The van der Waals surface area contributed by atoms with Crippen LogP contribution in [-0.4, -0.2) is 25.0 Å². The Morgan fingerprint density at radius 1 is 1.15 bits per heavy atom. The number of esters is 1. The van der Waals surface area contributed by atoms with Crippen molar-refractivity contribution >= 4 is 11.9 Å². The Hall–Kier alpha value is -1.06. The summed E-state index contributed by atoms with van der Waals surface area (Å²) in [4.78, 5) is 23.2. The van der Waals surface area contributed by atoms with E-state index in [1.165, 1.54) is 0 Å². The first-order valence-electron chi connectivity index (χ1n) is 7.78. The van der Waals surface area contributed by atoms with Gasteiger partial charge in [0.1, 0.15) is 0 Å². The van der Waals surface area contributed by atoms with Crippen molar-refractivity contribution < 1.29 is 14.3 Å². The summed E-state index contributed by atoms with van der Waals surface area (Å²) >= 11 is 0. The van der Waals surface area contributed by atoms with Crippen LogP contribution in [0.1, 0.15) is 59.8 Å². The van der Waals surface area contributed by atoms with E-state index in [0.29, 0.717) is 24.5 Å². The van der Waals surface area contributed by atoms with Crippen molar-refractivity contribution in [2.24, 2.45) is 17.3 Å². The van der Waals surface area contributed by atoms with Gasteiger partial charge in [0, 0.05) is 12.5 Å². The topological polar surface area (TPSA) is 55.4 Å². The number of nitrogens with one attached hydrogen (secondary N) is 1. The maximum atomic E-state index is 12.0. The highest BCUT2D eigenvalue weighted by Crippen LogP contribution is 2.39. The molecule has 0 unspecified atom stereocenters. The monoisotopic (exact) mass is 283 g/mol. The summed E-state index contributed by atoms with van der Waals surface area (Å²) in [5.74, 6) is 0.688. The van der Waals surface area contributed by atoms with Gasteiger partial charge >= 0.3 is 5.97 Å². The van der Waals surface area contributed by atoms with Crippen molar-refractivity contribution in [1.29, 1.82) is 0 Å². The third-order valence-electron chi connectivity index (χ3n) is 4.26. The van der Waals surface area contributed by atoms with E-state index < -0.39 is 0 Å². The third-order valence-corrected chi connectivity index (χ3v) is 4.26. The normalized spacial score (nSPS) is 23.2. The van der Waals surface area contributed by atoms with Crippen molar-refractivity contribution in [3.8, 4) is 0 Å². The van der Waals surface area contributed by atoms with Crippen molar-refractivity contribution in [2.45, 2.75) is 59.8 Å². The van der Waals surface area contributed by atoms with E-state index in [1.807, 2.05) is 0 Å². The first kappa shape index (κ1) is 17.0. The lowest BCUT2D eigenvalue weighted by molar-refractivity contribution is -0.143. The summed E-state index contributed by atoms with van der Waals surface area (Å²) in [5.41, 5.74) is 0.339. The van der Waals surface area contributed by atoms with Gasteiger partial charge in [0.15, 0.2) is 0 Å². The minimum atomic E-state index is -0.246. The molecule has 0 atom stereocenters. The Morgan fingerprint density at radius 3 is 2.25 bits per heavy atom. The van der Waals surface area contributed by atoms with Crippen molar-refractivity contribution in [2.75, 3.05) is 13.2 Å². The van der Waals surface area contributed by atoms with Crippen molar-refractivity contribution in [3.63, 3.8) is 0 Å². The lowest BCUT2D eigenvalue weighted by Gasteiger charge is -2.36. The Bertz CT molecular complexity index is 325. The average molecular weight is 283 g/mol. The van der Waals surface area contributed by atoms with Gasteiger partial charge in [-0.15, -0.1) is 0 Å². The number of hydrogen-bond donors (Lipinski definition) is 1. The molecule has 1 aliphatic rings. The molecule has 0 saturated heterocycles. The molecule has 0 heterocycles. The first-order valence-corrected chi connectivity index (χ1v) is 7.78. The fourth-order valence-corrected chi connectivity index (χ4v) is 2.89. The molecule has 0 bridgehead atoms. The minimum Gasteiger partial charge on any atom is -0.466 e. The summed E-state index contributed by atoms with van der Waals surface area (Å²) in [5, 5.41) is 2.86. The molecule has 20 heavy (non-hydrogen) atoms. The van der Waals surface area contributed by atoms with Gasteiger partial charge in [0.2, 0.25) is 5.91 Å². The molecule has 4 heteroatoms. The van der Waals surface area contributed by atoms with Crippen LogP contribution in [0.5, 0.6) is 0 Å². The van der Waals surface area contributed by atoms with Gasteiger partial charge < -0.3 is 10.1 Å². The largest absolute Gasteiger partial charge is 0.466 e. The van der Waals surface area contributed by atoms with Gasteiger partial charge in [-0.3, -0.25) is 9.59 Å². The number of amides is 1. The molecule has 1 amide bonds. The Kier molecular flexibility index (Phi) is 6.50. The molecule has 1 fully saturated rings. The van der Waals surface area contributed by atoms with Gasteiger partial charge in [0.05, 0.1) is 13.0 Å². The predicted octanol–water partition coefficient (Wildman–Crippen LogP) is 2.91. The molecule has 4 nitrogen and oxygen atoms in total. The number of ether oxygens (including phenoxy) is 1. The standard InChI is InChI=1S/C16H29NO3/c1-5-20-14(18)10-11-17-15(19)12-6-8-13(9-7-12)16(2,3)4/h12-13H,5-11H2,1-4H3,(H,17,19). The Balaban J connectivity index is 2.24. The summed E-state index contributed by atoms with van der Waals surface area (Å²) in [6, 6.07) is 0. The third kappa shape index (κ3) is 5.51. The highest BCUT2D eigenvalue weighted by atomic mass is 16.5. The van der Waals surface area contributed by atoms with Gasteiger partial charge in [-0.05, 0) is 43.9 Å². The van der Waals surface area contributed by atoms with Crippen molar-refractivity contribution in [3.05, 3.63) is 0 Å². The molecule has 0 aromatic carbocycles. The van der Waals surface area contributed by atoms with Crippen LogP contribution in [0, 0.1) is 17.3 Å². The maximum absolute atomic E-state index is 12.0. The zero-order valence-corrected chi connectivity index (χ0v) is 13.3. The fraction of sp³-hybridized carbons (Fsp3) is 0.875. The Labute approximate surface area is 122 Å². The molecule has 1 N–H and O–H groups in total. The summed E-state index contributed by atoms with van der Waals surface area (Å²) in [6.45, 7) is 9.39. The molecule has 0 spiro atoms.